The average molecular weight is 402 g/mol. The van der Waals surface area contributed by atoms with Crippen LogP contribution in [0.2, 0.25) is 0 Å². The van der Waals surface area contributed by atoms with E-state index < -0.39 is 4.92 Å². The molecule has 126 valence electrons. The molecule has 0 heterocycles. The van der Waals surface area contributed by atoms with Gasteiger partial charge in [-0.25, -0.2) is 0 Å². The van der Waals surface area contributed by atoms with Gasteiger partial charge in [0.05, 0.1) is 10.6 Å². The number of hydrogen-bond donors (Lipinski definition) is 2. The van der Waals surface area contributed by atoms with Gasteiger partial charge in [-0.2, -0.15) is 0 Å². The van der Waals surface area contributed by atoms with E-state index in [1.54, 1.807) is 0 Å². The van der Waals surface area contributed by atoms with Crippen LogP contribution in [0, 0.1) is 10.1 Å². The standard InChI is InChI=1S/C15H20BrN3O3S/c1-2-3-4-5-6-7-14(20)18-15(23)17-13-9-8-11(19(21)22)10-12(13)16/h8-10H,2-7H2,1H3,(H2,17,18,20,23). The van der Waals surface area contributed by atoms with Gasteiger partial charge in [-0.15, -0.1) is 0 Å². The van der Waals surface area contributed by atoms with Crippen molar-refractivity contribution in [2.24, 2.45) is 0 Å². The number of nitro groups is 1. The number of carbonyl (C=O) groups is 1. The first-order chi connectivity index (χ1) is 10.9. The fraction of sp³-hybridized carbons (Fsp3) is 0.467. The van der Waals surface area contributed by atoms with Gasteiger partial charge in [0.1, 0.15) is 0 Å². The quantitative estimate of drug-likeness (QED) is 0.289. The molecule has 0 unspecified atom stereocenters. The smallest absolute Gasteiger partial charge is 0.270 e. The summed E-state index contributed by atoms with van der Waals surface area (Å²) in [6.45, 7) is 2.15. The molecule has 1 aromatic carbocycles. The minimum absolute atomic E-state index is 0.0236. The summed E-state index contributed by atoms with van der Waals surface area (Å²) in [4.78, 5) is 22.0. The number of nitrogens with one attached hydrogen (secondary N) is 2. The molecule has 1 aromatic rings. The second-order valence-corrected chi connectivity index (χ2v) is 6.35. The molecule has 2 N–H and O–H groups in total. The van der Waals surface area contributed by atoms with Crippen LogP contribution in [0.25, 0.3) is 0 Å². The van der Waals surface area contributed by atoms with Crippen molar-refractivity contribution in [2.45, 2.75) is 45.4 Å². The maximum absolute atomic E-state index is 11.8. The summed E-state index contributed by atoms with van der Waals surface area (Å²) in [7, 11) is 0. The molecule has 23 heavy (non-hydrogen) atoms. The minimum atomic E-state index is -0.479. The first-order valence-electron chi connectivity index (χ1n) is 7.48. The SMILES string of the molecule is CCCCCCCC(=O)NC(=S)Nc1ccc([N+](=O)[O-])cc1Br. The van der Waals surface area contributed by atoms with E-state index in [-0.39, 0.29) is 16.7 Å². The van der Waals surface area contributed by atoms with Crippen molar-refractivity contribution >= 4 is 50.5 Å². The van der Waals surface area contributed by atoms with E-state index in [4.69, 9.17) is 12.2 Å². The van der Waals surface area contributed by atoms with Crippen LogP contribution in [-0.4, -0.2) is 15.9 Å². The van der Waals surface area contributed by atoms with E-state index in [0.717, 1.165) is 19.3 Å². The summed E-state index contributed by atoms with van der Waals surface area (Å²) < 4.78 is 0.503. The summed E-state index contributed by atoms with van der Waals surface area (Å²) in [6.07, 6.45) is 5.82. The predicted molar refractivity (Wildman–Crippen MR) is 98.5 cm³/mol. The monoisotopic (exact) mass is 401 g/mol. The molecule has 0 radical (unpaired) electrons. The molecule has 0 aliphatic heterocycles. The molecule has 0 bridgehead atoms. The molecule has 0 aliphatic carbocycles. The average Bonchev–Trinajstić information content (AvgIpc) is 2.48. The van der Waals surface area contributed by atoms with Crippen molar-refractivity contribution in [1.29, 1.82) is 0 Å². The Labute approximate surface area is 149 Å². The first kappa shape index (κ1) is 19.5. The summed E-state index contributed by atoms with van der Waals surface area (Å²) >= 11 is 8.32. The van der Waals surface area contributed by atoms with Crippen molar-refractivity contribution in [2.75, 3.05) is 5.32 Å². The van der Waals surface area contributed by atoms with Crippen molar-refractivity contribution in [3.63, 3.8) is 0 Å². The number of thiocarbonyl (C=S) groups is 1. The Morgan fingerprint density at radius 3 is 2.61 bits per heavy atom. The Morgan fingerprint density at radius 1 is 1.30 bits per heavy atom. The third kappa shape index (κ3) is 7.51. The van der Waals surface area contributed by atoms with Crippen LogP contribution < -0.4 is 10.6 Å². The number of nitro benzene ring substituents is 1. The Balaban J connectivity index is 2.41. The summed E-state index contributed by atoms with van der Waals surface area (Å²) in [6, 6.07) is 4.27. The molecule has 0 spiro atoms. The van der Waals surface area contributed by atoms with E-state index in [2.05, 4.69) is 33.5 Å². The molecular weight excluding hydrogens is 382 g/mol. The van der Waals surface area contributed by atoms with E-state index in [9.17, 15) is 14.9 Å². The molecule has 6 nitrogen and oxygen atoms in total. The Hall–Kier alpha value is -1.54. The fourth-order valence-corrected chi connectivity index (χ4v) is 2.64. The normalized spacial score (nSPS) is 10.2. The van der Waals surface area contributed by atoms with E-state index in [1.807, 2.05) is 0 Å². The second kappa shape index (κ2) is 10.3. The van der Waals surface area contributed by atoms with Crippen LogP contribution in [0.1, 0.15) is 45.4 Å². The lowest BCUT2D eigenvalue weighted by Crippen LogP contribution is -2.34. The second-order valence-electron chi connectivity index (χ2n) is 5.09. The highest BCUT2D eigenvalue weighted by atomic mass is 79.9. The van der Waals surface area contributed by atoms with Crippen molar-refractivity contribution in [3.05, 3.63) is 32.8 Å². The lowest BCUT2D eigenvalue weighted by atomic mass is 10.1. The van der Waals surface area contributed by atoms with Crippen LogP contribution in [0.5, 0.6) is 0 Å². The van der Waals surface area contributed by atoms with Gasteiger partial charge in [-0.1, -0.05) is 32.6 Å². The van der Waals surface area contributed by atoms with Crippen LogP contribution in [-0.2, 0) is 4.79 Å². The van der Waals surface area contributed by atoms with Gasteiger partial charge < -0.3 is 10.6 Å². The number of non-ortho nitro benzene ring substituents is 1. The number of halogens is 1. The highest BCUT2D eigenvalue weighted by Crippen LogP contribution is 2.26. The molecular formula is C15H20BrN3O3S. The third-order valence-electron chi connectivity index (χ3n) is 3.17. The molecule has 1 rings (SSSR count). The predicted octanol–water partition coefficient (Wildman–Crippen LogP) is 4.53. The molecule has 8 heteroatoms. The number of anilines is 1. The number of amides is 1. The number of benzene rings is 1. The highest BCUT2D eigenvalue weighted by molar-refractivity contribution is 9.10. The Kier molecular flexibility index (Phi) is 8.71. The summed E-state index contributed by atoms with van der Waals surface area (Å²) in [5, 5.41) is 16.3. The number of unbranched alkanes of at least 4 members (excludes halogenated alkanes) is 4. The van der Waals surface area contributed by atoms with Gasteiger partial charge in [-0.3, -0.25) is 14.9 Å². The molecule has 0 aliphatic rings. The lowest BCUT2D eigenvalue weighted by Gasteiger charge is -2.11. The zero-order valence-corrected chi connectivity index (χ0v) is 15.3. The van der Waals surface area contributed by atoms with Crippen LogP contribution >= 0.6 is 28.1 Å². The number of rotatable bonds is 8. The maximum atomic E-state index is 11.8. The topological polar surface area (TPSA) is 84.3 Å². The fourth-order valence-electron chi connectivity index (χ4n) is 1.95. The number of carbonyl (C=O) groups excluding carboxylic acids is 1. The lowest BCUT2D eigenvalue weighted by molar-refractivity contribution is -0.384. The van der Waals surface area contributed by atoms with E-state index in [1.165, 1.54) is 31.0 Å². The molecule has 0 saturated carbocycles. The van der Waals surface area contributed by atoms with Gasteiger partial charge in [0, 0.05) is 23.0 Å². The van der Waals surface area contributed by atoms with Gasteiger partial charge in [-0.05, 0) is 40.6 Å². The van der Waals surface area contributed by atoms with Gasteiger partial charge in [0.25, 0.3) is 5.69 Å². The molecule has 0 saturated heterocycles. The number of nitrogens with zero attached hydrogens (tertiary/aromatic N) is 1. The molecule has 1 amide bonds. The van der Waals surface area contributed by atoms with Crippen LogP contribution in [0.4, 0.5) is 11.4 Å². The van der Waals surface area contributed by atoms with Gasteiger partial charge >= 0.3 is 0 Å². The first-order valence-corrected chi connectivity index (χ1v) is 8.69. The third-order valence-corrected chi connectivity index (χ3v) is 4.03. The van der Waals surface area contributed by atoms with E-state index in [0.29, 0.717) is 16.6 Å². The molecule has 0 aromatic heterocycles. The molecule has 0 atom stereocenters. The van der Waals surface area contributed by atoms with E-state index >= 15 is 0 Å². The zero-order valence-electron chi connectivity index (χ0n) is 12.9. The molecule has 0 fully saturated rings. The van der Waals surface area contributed by atoms with Crippen molar-refractivity contribution in [1.82, 2.24) is 5.32 Å². The van der Waals surface area contributed by atoms with Gasteiger partial charge in [0.15, 0.2) is 5.11 Å². The maximum Gasteiger partial charge on any atom is 0.270 e. The van der Waals surface area contributed by atoms with Crippen LogP contribution in [0.15, 0.2) is 22.7 Å². The Bertz CT molecular complexity index is 581. The minimum Gasteiger partial charge on any atom is -0.331 e. The highest BCUT2D eigenvalue weighted by Gasteiger charge is 2.11. The van der Waals surface area contributed by atoms with Crippen molar-refractivity contribution < 1.29 is 9.72 Å². The van der Waals surface area contributed by atoms with Crippen LogP contribution in [0.3, 0.4) is 0 Å². The largest absolute Gasteiger partial charge is 0.331 e. The summed E-state index contributed by atoms with van der Waals surface area (Å²) in [5.74, 6) is -0.128. The Morgan fingerprint density at radius 2 is 2.00 bits per heavy atom. The number of hydrogen-bond acceptors (Lipinski definition) is 4. The zero-order chi connectivity index (χ0) is 17.2. The summed E-state index contributed by atoms with van der Waals surface area (Å²) in [5.41, 5.74) is 0.535. The van der Waals surface area contributed by atoms with Gasteiger partial charge in [0.2, 0.25) is 5.91 Å². The van der Waals surface area contributed by atoms with Crippen molar-refractivity contribution in [3.8, 4) is 0 Å².